The SMILES string of the molecule is COc1cc2c(cc1OC)C(C=C(c1ccccc1)c1ccccc1)=NCC2. The first-order valence-electron chi connectivity index (χ1n) is 9.42. The largest absolute Gasteiger partial charge is 0.493 e. The summed E-state index contributed by atoms with van der Waals surface area (Å²) in [5, 5.41) is 0. The van der Waals surface area contributed by atoms with Crippen LogP contribution in [-0.2, 0) is 6.42 Å². The maximum absolute atomic E-state index is 5.52. The minimum absolute atomic E-state index is 0.727. The number of nitrogens with zero attached hydrogens (tertiary/aromatic N) is 1. The third-order valence-corrected chi connectivity index (χ3v) is 5.00. The Morgan fingerprint density at radius 1 is 0.821 bits per heavy atom. The van der Waals surface area contributed by atoms with Gasteiger partial charge in [-0.05, 0) is 46.9 Å². The molecule has 3 heteroatoms. The fourth-order valence-corrected chi connectivity index (χ4v) is 3.58. The van der Waals surface area contributed by atoms with Gasteiger partial charge in [-0.1, -0.05) is 60.7 Å². The van der Waals surface area contributed by atoms with Crippen LogP contribution in [0.3, 0.4) is 0 Å². The molecule has 0 radical (unpaired) electrons. The van der Waals surface area contributed by atoms with E-state index in [4.69, 9.17) is 14.5 Å². The summed E-state index contributed by atoms with van der Waals surface area (Å²) in [4.78, 5) is 4.84. The monoisotopic (exact) mass is 369 g/mol. The topological polar surface area (TPSA) is 30.8 Å². The maximum atomic E-state index is 5.52. The highest BCUT2D eigenvalue weighted by Crippen LogP contribution is 2.34. The molecule has 3 aromatic carbocycles. The molecule has 0 saturated heterocycles. The summed E-state index contributed by atoms with van der Waals surface area (Å²) in [7, 11) is 3.34. The maximum Gasteiger partial charge on any atom is 0.161 e. The van der Waals surface area contributed by atoms with Gasteiger partial charge in [0.05, 0.1) is 19.9 Å². The summed E-state index contributed by atoms with van der Waals surface area (Å²) in [6.45, 7) is 0.769. The molecule has 28 heavy (non-hydrogen) atoms. The van der Waals surface area contributed by atoms with Gasteiger partial charge < -0.3 is 9.47 Å². The summed E-state index contributed by atoms with van der Waals surface area (Å²) in [5.41, 5.74) is 6.81. The van der Waals surface area contributed by atoms with Crippen molar-refractivity contribution in [3.63, 3.8) is 0 Å². The van der Waals surface area contributed by atoms with Crippen LogP contribution >= 0.6 is 0 Å². The third-order valence-electron chi connectivity index (χ3n) is 5.00. The molecule has 140 valence electrons. The molecular formula is C25H23NO2. The van der Waals surface area contributed by atoms with Crippen LogP contribution in [0.15, 0.2) is 83.9 Å². The van der Waals surface area contributed by atoms with E-state index in [1.54, 1.807) is 14.2 Å². The van der Waals surface area contributed by atoms with Crippen molar-refractivity contribution < 1.29 is 9.47 Å². The van der Waals surface area contributed by atoms with E-state index >= 15 is 0 Å². The molecule has 0 aliphatic carbocycles. The molecule has 0 unspecified atom stereocenters. The number of benzene rings is 3. The van der Waals surface area contributed by atoms with Crippen LogP contribution in [0.5, 0.6) is 11.5 Å². The highest BCUT2D eigenvalue weighted by molar-refractivity contribution is 6.15. The summed E-state index contributed by atoms with van der Waals surface area (Å²) < 4.78 is 11.0. The number of rotatable bonds is 5. The highest BCUT2D eigenvalue weighted by atomic mass is 16.5. The summed E-state index contributed by atoms with van der Waals surface area (Å²) in [6, 6.07) is 25.0. The van der Waals surface area contributed by atoms with Crippen LogP contribution in [0.2, 0.25) is 0 Å². The van der Waals surface area contributed by atoms with Crippen LogP contribution < -0.4 is 9.47 Å². The zero-order chi connectivity index (χ0) is 19.3. The minimum Gasteiger partial charge on any atom is -0.493 e. The van der Waals surface area contributed by atoms with Gasteiger partial charge >= 0.3 is 0 Å². The molecule has 4 rings (SSSR count). The van der Waals surface area contributed by atoms with Crippen molar-refractivity contribution in [2.75, 3.05) is 20.8 Å². The van der Waals surface area contributed by atoms with Crippen molar-refractivity contribution in [2.24, 2.45) is 4.99 Å². The van der Waals surface area contributed by atoms with E-state index in [1.165, 1.54) is 16.7 Å². The van der Waals surface area contributed by atoms with Crippen LogP contribution in [0.1, 0.15) is 22.3 Å². The second-order valence-electron chi connectivity index (χ2n) is 6.67. The Bertz CT molecular complexity index is 980. The van der Waals surface area contributed by atoms with Crippen molar-refractivity contribution >= 4 is 11.3 Å². The van der Waals surface area contributed by atoms with Gasteiger partial charge in [0, 0.05) is 12.1 Å². The average molecular weight is 369 g/mol. The molecule has 0 bridgehead atoms. The highest BCUT2D eigenvalue weighted by Gasteiger charge is 2.18. The zero-order valence-electron chi connectivity index (χ0n) is 16.2. The summed E-state index contributed by atoms with van der Waals surface area (Å²) in [6.07, 6.45) is 3.09. The molecule has 3 nitrogen and oxygen atoms in total. The van der Waals surface area contributed by atoms with Gasteiger partial charge in [-0.15, -0.1) is 0 Å². The Balaban J connectivity index is 1.85. The van der Waals surface area contributed by atoms with Crippen molar-refractivity contribution in [3.8, 4) is 11.5 Å². The van der Waals surface area contributed by atoms with E-state index in [0.717, 1.165) is 41.3 Å². The summed E-state index contributed by atoms with van der Waals surface area (Å²) in [5.74, 6) is 1.49. The Morgan fingerprint density at radius 3 is 1.96 bits per heavy atom. The lowest BCUT2D eigenvalue weighted by Crippen LogP contribution is -2.12. The number of aliphatic imine (C=N–C) groups is 1. The molecule has 0 aromatic heterocycles. The molecule has 3 aromatic rings. The lowest BCUT2D eigenvalue weighted by molar-refractivity contribution is 0.354. The second kappa shape index (κ2) is 8.13. The fourth-order valence-electron chi connectivity index (χ4n) is 3.58. The van der Waals surface area contributed by atoms with Gasteiger partial charge in [0.25, 0.3) is 0 Å². The lowest BCUT2D eigenvalue weighted by Gasteiger charge is -2.19. The van der Waals surface area contributed by atoms with Gasteiger partial charge in [0.1, 0.15) is 0 Å². The molecule has 0 saturated carbocycles. The molecule has 1 aliphatic rings. The molecule has 0 amide bonds. The van der Waals surface area contributed by atoms with Crippen LogP contribution in [-0.4, -0.2) is 26.5 Å². The van der Waals surface area contributed by atoms with Crippen molar-refractivity contribution in [1.29, 1.82) is 0 Å². The number of allylic oxidation sites excluding steroid dienone is 1. The number of ether oxygens (including phenoxy) is 2. The molecular weight excluding hydrogens is 346 g/mol. The molecule has 0 spiro atoms. The number of methoxy groups -OCH3 is 2. The van der Waals surface area contributed by atoms with Gasteiger partial charge in [0.15, 0.2) is 11.5 Å². The van der Waals surface area contributed by atoms with Crippen molar-refractivity contribution in [3.05, 3.63) is 101 Å². The minimum atomic E-state index is 0.727. The van der Waals surface area contributed by atoms with Gasteiger partial charge in [-0.25, -0.2) is 0 Å². The third kappa shape index (κ3) is 3.56. The number of hydrogen-bond acceptors (Lipinski definition) is 3. The molecule has 1 heterocycles. The first kappa shape index (κ1) is 18.1. The number of hydrogen-bond donors (Lipinski definition) is 0. The molecule has 0 atom stereocenters. The predicted octanol–water partition coefficient (Wildman–Crippen LogP) is 5.18. The molecule has 1 aliphatic heterocycles. The Labute approximate surface area is 166 Å². The zero-order valence-corrected chi connectivity index (χ0v) is 16.2. The van der Waals surface area contributed by atoms with E-state index in [0.29, 0.717) is 0 Å². The normalized spacial score (nSPS) is 12.6. The van der Waals surface area contributed by atoms with Crippen LogP contribution in [0.4, 0.5) is 0 Å². The Hall–Kier alpha value is -3.33. The quantitative estimate of drug-likeness (QED) is 0.620. The second-order valence-corrected chi connectivity index (χ2v) is 6.67. The fraction of sp³-hybridized carbons (Fsp3) is 0.160. The molecule has 0 N–H and O–H groups in total. The van der Waals surface area contributed by atoms with Gasteiger partial charge in [0.2, 0.25) is 0 Å². The van der Waals surface area contributed by atoms with E-state index in [2.05, 4.69) is 60.7 Å². The smallest absolute Gasteiger partial charge is 0.161 e. The van der Waals surface area contributed by atoms with Crippen molar-refractivity contribution in [2.45, 2.75) is 6.42 Å². The molecule has 0 fully saturated rings. The predicted molar refractivity (Wildman–Crippen MR) is 115 cm³/mol. The van der Waals surface area contributed by atoms with E-state index < -0.39 is 0 Å². The average Bonchev–Trinajstić information content (AvgIpc) is 2.77. The Morgan fingerprint density at radius 2 is 1.39 bits per heavy atom. The summed E-state index contributed by atoms with van der Waals surface area (Å²) >= 11 is 0. The Kier molecular flexibility index (Phi) is 5.24. The standard InChI is InChI=1S/C25H23NO2/c1-27-24-15-20-13-14-26-23(22(20)17-25(24)28-2)16-21(18-9-5-3-6-10-18)19-11-7-4-8-12-19/h3-12,15-17H,13-14H2,1-2H3. The number of fused-ring (bicyclic) bond motifs is 1. The van der Waals surface area contributed by atoms with E-state index in [9.17, 15) is 0 Å². The van der Waals surface area contributed by atoms with E-state index in [1.807, 2.05) is 18.2 Å². The van der Waals surface area contributed by atoms with Gasteiger partial charge in [-0.2, -0.15) is 0 Å². The first-order chi connectivity index (χ1) is 13.8. The lowest BCUT2D eigenvalue weighted by atomic mass is 9.91. The van der Waals surface area contributed by atoms with Gasteiger partial charge in [-0.3, -0.25) is 4.99 Å². The first-order valence-corrected chi connectivity index (χ1v) is 9.42. The van der Waals surface area contributed by atoms with E-state index in [-0.39, 0.29) is 0 Å². The van der Waals surface area contributed by atoms with Crippen LogP contribution in [0.25, 0.3) is 5.57 Å². The van der Waals surface area contributed by atoms with Crippen LogP contribution in [0, 0.1) is 0 Å². The van der Waals surface area contributed by atoms with Crippen molar-refractivity contribution in [1.82, 2.24) is 0 Å².